The van der Waals surface area contributed by atoms with Gasteiger partial charge >= 0.3 is 39.6 Å². The van der Waals surface area contributed by atoms with Crippen molar-refractivity contribution in [3.63, 3.8) is 0 Å². The fraction of sp³-hybridized carbons (Fsp3) is 0.250. The average Bonchev–Trinajstić information content (AvgIpc) is 3.41. The molecule has 11 heteroatoms. The summed E-state index contributed by atoms with van der Waals surface area (Å²) in [5.74, 6) is 0. The maximum atomic E-state index is 3.70. The molecule has 4 aromatic rings. The number of aromatic nitrogens is 8. The molecule has 0 spiro atoms. The molecule has 149 valence electrons. The van der Waals surface area contributed by atoms with Crippen LogP contribution in [-0.2, 0) is 11.3 Å². The normalized spacial score (nSPS) is 8.52. The monoisotopic (exact) mass is 541 g/mol. The molecule has 0 aromatic carbocycles. The van der Waals surface area contributed by atoms with Gasteiger partial charge in [-0.05, 0) is 52.0 Å². The van der Waals surface area contributed by atoms with Gasteiger partial charge in [-0.25, -0.2) is 0 Å². The Morgan fingerprint density at radius 1 is 0.556 bits per heavy atom. The van der Waals surface area contributed by atoms with E-state index in [4.69, 9.17) is 0 Å². The Kier molecular flexibility index (Phi) is 16.6. The van der Waals surface area contributed by atoms with Crippen LogP contribution in [0.25, 0.3) is 0 Å². The number of aryl methyl sites for hydroxylation is 4. The van der Waals surface area contributed by atoms with Gasteiger partial charge in [0.1, 0.15) is 0 Å². The standard InChI is InChI=1S/4C4H6N2.2BrH.Mn/c4*1-4-2-3-5-6-4;;;/h4*2-3H,1H3,(H,5,6);2*1H;/q;;;;;;+2/p-2. The van der Waals surface area contributed by atoms with E-state index in [1.807, 2.05) is 52.0 Å². The van der Waals surface area contributed by atoms with Gasteiger partial charge in [0.2, 0.25) is 0 Å². The van der Waals surface area contributed by atoms with Gasteiger partial charge in [0.25, 0.3) is 0 Å². The zero-order valence-corrected chi connectivity index (χ0v) is 19.9. The van der Waals surface area contributed by atoms with Gasteiger partial charge in [-0.15, -0.1) is 0 Å². The fourth-order valence-electron chi connectivity index (χ4n) is 1.30. The Balaban J connectivity index is 0.000000319. The molecule has 8 nitrogen and oxygen atoms in total. The molecular weight excluding hydrogens is 519 g/mol. The van der Waals surface area contributed by atoms with Crippen LogP contribution >= 0.6 is 28.2 Å². The van der Waals surface area contributed by atoms with E-state index >= 15 is 0 Å². The van der Waals surface area contributed by atoms with Gasteiger partial charge in [0, 0.05) is 47.6 Å². The summed E-state index contributed by atoms with van der Waals surface area (Å²) in [5.41, 5.74) is 4.43. The first-order chi connectivity index (χ1) is 13.0. The van der Waals surface area contributed by atoms with E-state index in [1.54, 1.807) is 24.8 Å². The second-order valence-corrected chi connectivity index (χ2v) is 11.0. The van der Waals surface area contributed by atoms with E-state index in [2.05, 4.69) is 69.0 Å². The third-order valence-corrected chi connectivity index (χ3v) is 2.56. The third kappa shape index (κ3) is 17.5. The Morgan fingerprint density at radius 3 is 0.778 bits per heavy atom. The van der Waals surface area contributed by atoms with E-state index in [9.17, 15) is 0 Å². The fourth-order valence-corrected chi connectivity index (χ4v) is 1.30. The Hall–Kier alpha value is -1.68. The Morgan fingerprint density at radius 2 is 0.741 bits per heavy atom. The van der Waals surface area contributed by atoms with Gasteiger partial charge in [0.15, 0.2) is 0 Å². The van der Waals surface area contributed by atoms with Gasteiger partial charge < -0.3 is 0 Å². The van der Waals surface area contributed by atoms with Crippen LogP contribution in [-0.4, -0.2) is 40.8 Å². The number of hydrogen-bond acceptors (Lipinski definition) is 4. The van der Waals surface area contributed by atoms with E-state index in [0.29, 0.717) is 11.3 Å². The molecule has 0 saturated heterocycles. The van der Waals surface area contributed by atoms with Crippen molar-refractivity contribution in [1.82, 2.24) is 40.8 Å². The van der Waals surface area contributed by atoms with Gasteiger partial charge in [-0.3, -0.25) is 20.4 Å². The van der Waals surface area contributed by atoms with Gasteiger partial charge in [-0.2, -0.15) is 20.4 Å². The quantitative estimate of drug-likeness (QED) is 0.244. The summed E-state index contributed by atoms with van der Waals surface area (Å²) in [7, 11) is 0. The number of nitrogens with one attached hydrogen (secondary N) is 4. The Bertz CT molecular complexity index is 597. The summed E-state index contributed by atoms with van der Waals surface area (Å²) in [6.07, 6.45) is 6.93. The predicted octanol–water partition coefficient (Wildman–Crippen LogP) is 4.56. The molecule has 4 aromatic heterocycles. The van der Waals surface area contributed by atoms with E-state index in [-0.39, 0.29) is 0 Å². The molecule has 0 aliphatic rings. The maximum absolute atomic E-state index is 3.70. The molecule has 4 N–H and O–H groups in total. The minimum atomic E-state index is 0.688. The molecule has 4 rings (SSSR count). The summed E-state index contributed by atoms with van der Waals surface area (Å²) < 4.78 is 0. The van der Waals surface area contributed by atoms with Crippen molar-refractivity contribution < 1.29 is 11.3 Å². The van der Waals surface area contributed by atoms with Crippen LogP contribution in [0.2, 0.25) is 0 Å². The van der Waals surface area contributed by atoms with E-state index in [1.165, 1.54) is 0 Å². The van der Waals surface area contributed by atoms with Crippen LogP contribution < -0.4 is 0 Å². The molecule has 0 atom stereocenters. The van der Waals surface area contributed by atoms with Crippen LogP contribution in [0.15, 0.2) is 49.1 Å². The van der Waals surface area contributed by atoms with Crippen LogP contribution in [0.3, 0.4) is 0 Å². The van der Waals surface area contributed by atoms with Crippen molar-refractivity contribution in [2.24, 2.45) is 0 Å². The summed E-state index contributed by atoms with van der Waals surface area (Å²) in [4.78, 5) is 0. The number of halogens is 2. The first-order valence-electron chi connectivity index (χ1n) is 7.70. The summed E-state index contributed by atoms with van der Waals surface area (Å²) >= 11 is 6.88. The minimum absolute atomic E-state index is 0.688. The van der Waals surface area contributed by atoms with Crippen LogP contribution in [0, 0.1) is 27.7 Å². The van der Waals surface area contributed by atoms with Crippen molar-refractivity contribution >= 4 is 28.2 Å². The summed E-state index contributed by atoms with van der Waals surface area (Å²) in [6, 6.07) is 7.67. The number of nitrogens with zero attached hydrogens (tertiary/aromatic N) is 4. The van der Waals surface area contributed by atoms with Crippen molar-refractivity contribution in [3.8, 4) is 0 Å². The van der Waals surface area contributed by atoms with Crippen LogP contribution in [0.1, 0.15) is 22.8 Å². The molecule has 0 bridgehead atoms. The van der Waals surface area contributed by atoms with E-state index < -0.39 is 0 Å². The molecule has 0 aliphatic heterocycles. The summed E-state index contributed by atoms with van der Waals surface area (Å²) in [6.45, 7) is 7.86. The van der Waals surface area contributed by atoms with E-state index in [0.717, 1.165) is 22.8 Å². The Labute approximate surface area is 179 Å². The first-order valence-corrected chi connectivity index (χ1v) is 13.5. The van der Waals surface area contributed by atoms with Crippen molar-refractivity contribution in [1.29, 1.82) is 0 Å². The zero-order valence-electron chi connectivity index (χ0n) is 15.5. The third-order valence-electron chi connectivity index (χ3n) is 2.56. The van der Waals surface area contributed by atoms with Gasteiger partial charge in [0.05, 0.1) is 0 Å². The number of H-pyrrole nitrogens is 4. The number of hydrogen-bond donors (Lipinski definition) is 4. The molecule has 0 amide bonds. The molecule has 4 heterocycles. The molecule has 0 fully saturated rings. The summed E-state index contributed by atoms with van der Waals surface area (Å²) in [5, 5.41) is 25.8. The second kappa shape index (κ2) is 17.7. The number of rotatable bonds is 0. The zero-order chi connectivity index (χ0) is 20.3. The molecule has 0 saturated carbocycles. The van der Waals surface area contributed by atoms with Crippen molar-refractivity contribution in [3.05, 3.63) is 71.8 Å². The molecule has 0 unspecified atom stereocenters. The van der Waals surface area contributed by atoms with Crippen molar-refractivity contribution in [2.75, 3.05) is 0 Å². The second-order valence-electron chi connectivity index (χ2n) is 5.01. The average molecular weight is 543 g/mol. The van der Waals surface area contributed by atoms with Crippen LogP contribution in [0.4, 0.5) is 0 Å². The molecule has 27 heavy (non-hydrogen) atoms. The molecule has 0 aliphatic carbocycles. The topological polar surface area (TPSA) is 115 Å². The van der Waals surface area contributed by atoms with Crippen LogP contribution in [0.5, 0.6) is 0 Å². The van der Waals surface area contributed by atoms with Crippen molar-refractivity contribution in [2.45, 2.75) is 27.7 Å². The predicted molar refractivity (Wildman–Crippen MR) is 111 cm³/mol. The van der Waals surface area contributed by atoms with Gasteiger partial charge in [-0.1, -0.05) is 0 Å². The number of aromatic amines is 4. The molecular formula is C16H24Br2MnN8. The molecule has 0 radical (unpaired) electrons. The first kappa shape index (κ1) is 25.3. The SMILES string of the molecule is Cc1ccn[nH]1.Cc1ccn[nH]1.Cc1ccn[nH]1.Cc1ccn[nH]1.[Br][Mn][Br].